The Kier molecular flexibility index (Phi) is 4.81. The van der Waals surface area contributed by atoms with Crippen molar-refractivity contribution >= 4 is 28.3 Å². The number of carboxylic acids is 1. The predicted octanol–water partition coefficient (Wildman–Crippen LogP) is 5.53. The summed E-state index contributed by atoms with van der Waals surface area (Å²) in [5.74, 6) is 0.836. The lowest BCUT2D eigenvalue weighted by atomic mass is 9.82. The first-order chi connectivity index (χ1) is 12.7. The van der Waals surface area contributed by atoms with Gasteiger partial charge in [0.05, 0.1) is 16.6 Å². The zero-order valence-corrected chi connectivity index (χ0v) is 15.8. The Labute approximate surface area is 157 Å². The minimum atomic E-state index is -0.898. The van der Waals surface area contributed by atoms with Crippen LogP contribution in [0.25, 0.3) is 11.0 Å². The Bertz CT molecular complexity index is 914. The van der Waals surface area contributed by atoms with Crippen LogP contribution in [0.3, 0.4) is 0 Å². The lowest BCUT2D eigenvalue weighted by molar-refractivity contribution is 0.0697. The number of imidazole rings is 1. The summed E-state index contributed by atoms with van der Waals surface area (Å²) < 4.78 is 2.42. The molecule has 0 spiro atoms. The van der Waals surface area contributed by atoms with Gasteiger partial charge in [0.15, 0.2) is 0 Å². The standard InChI is InChI=1S/C21H24N2O2S/c1-2-14-6-3-4-8-18(14)23-19-10-9-15(21(24)25)12-17(19)22-20(23)13-16-7-5-11-26-16/h5,7,9-12,14,18H,2-4,6,8,13H2,1H3,(H,24,25). The van der Waals surface area contributed by atoms with E-state index in [2.05, 4.69) is 29.0 Å². The van der Waals surface area contributed by atoms with E-state index >= 15 is 0 Å². The lowest BCUT2D eigenvalue weighted by Crippen LogP contribution is -2.24. The molecule has 4 nitrogen and oxygen atoms in total. The molecule has 5 heteroatoms. The molecule has 0 aliphatic heterocycles. The van der Waals surface area contributed by atoms with Crippen molar-refractivity contribution in [3.63, 3.8) is 0 Å². The molecule has 0 bridgehead atoms. The van der Waals surface area contributed by atoms with Gasteiger partial charge in [-0.3, -0.25) is 0 Å². The van der Waals surface area contributed by atoms with Gasteiger partial charge in [-0.1, -0.05) is 32.3 Å². The van der Waals surface area contributed by atoms with Gasteiger partial charge in [0.25, 0.3) is 0 Å². The van der Waals surface area contributed by atoms with Crippen molar-refractivity contribution in [2.75, 3.05) is 0 Å². The molecular formula is C21H24N2O2S. The fourth-order valence-corrected chi connectivity index (χ4v) is 5.05. The quantitative estimate of drug-likeness (QED) is 0.644. The average Bonchev–Trinajstić information content (AvgIpc) is 3.28. The van der Waals surface area contributed by atoms with Gasteiger partial charge in [-0.2, -0.15) is 0 Å². The number of hydrogen-bond acceptors (Lipinski definition) is 3. The van der Waals surface area contributed by atoms with Crippen LogP contribution in [0.4, 0.5) is 0 Å². The smallest absolute Gasteiger partial charge is 0.335 e. The molecule has 2 atom stereocenters. The minimum Gasteiger partial charge on any atom is -0.478 e. The highest BCUT2D eigenvalue weighted by Gasteiger charge is 2.28. The van der Waals surface area contributed by atoms with Gasteiger partial charge in [0.1, 0.15) is 5.82 Å². The number of nitrogens with zero attached hydrogens (tertiary/aromatic N) is 2. The fraction of sp³-hybridized carbons (Fsp3) is 0.429. The maximum absolute atomic E-state index is 11.4. The van der Waals surface area contributed by atoms with Crippen LogP contribution in [0.15, 0.2) is 35.7 Å². The summed E-state index contributed by atoms with van der Waals surface area (Å²) in [6.45, 7) is 2.28. The van der Waals surface area contributed by atoms with E-state index in [4.69, 9.17) is 4.98 Å². The van der Waals surface area contributed by atoms with Gasteiger partial charge in [-0.15, -0.1) is 11.3 Å². The van der Waals surface area contributed by atoms with Gasteiger partial charge in [0, 0.05) is 17.3 Å². The molecule has 4 rings (SSSR count). The van der Waals surface area contributed by atoms with E-state index in [1.807, 2.05) is 6.07 Å². The zero-order valence-electron chi connectivity index (χ0n) is 15.0. The number of rotatable bonds is 5. The van der Waals surface area contributed by atoms with Gasteiger partial charge < -0.3 is 9.67 Å². The molecule has 0 radical (unpaired) electrons. The van der Waals surface area contributed by atoms with E-state index < -0.39 is 5.97 Å². The Morgan fingerprint density at radius 3 is 2.88 bits per heavy atom. The van der Waals surface area contributed by atoms with E-state index in [0.29, 0.717) is 17.5 Å². The molecule has 26 heavy (non-hydrogen) atoms. The number of thiophene rings is 1. The van der Waals surface area contributed by atoms with Gasteiger partial charge in [0.2, 0.25) is 0 Å². The van der Waals surface area contributed by atoms with Crippen LogP contribution in [0.5, 0.6) is 0 Å². The van der Waals surface area contributed by atoms with Crippen molar-refractivity contribution in [1.82, 2.24) is 9.55 Å². The molecule has 1 N–H and O–H groups in total. The first-order valence-electron chi connectivity index (χ1n) is 9.44. The van der Waals surface area contributed by atoms with Crippen molar-refractivity contribution in [2.24, 2.45) is 5.92 Å². The van der Waals surface area contributed by atoms with E-state index in [0.717, 1.165) is 23.3 Å². The number of aromatic carboxylic acids is 1. The second kappa shape index (κ2) is 7.23. The number of hydrogen-bond donors (Lipinski definition) is 1. The maximum Gasteiger partial charge on any atom is 0.335 e. The highest BCUT2D eigenvalue weighted by Crippen LogP contribution is 2.39. The molecule has 0 saturated heterocycles. The second-order valence-corrected chi connectivity index (χ2v) is 8.22. The van der Waals surface area contributed by atoms with E-state index in [-0.39, 0.29) is 0 Å². The summed E-state index contributed by atoms with van der Waals surface area (Å²) in [7, 11) is 0. The lowest BCUT2D eigenvalue weighted by Gasteiger charge is -2.33. The highest BCUT2D eigenvalue weighted by molar-refractivity contribution is 7.09. The molecular weight excluding hydrogens is 344 g/mol. The van der Waals surface area contributed by atoms with Crippen LogP contribution in [-0.2, 0) is 6.42 Å². The highest BCUT2D eigenvalue weighted by atomic mass is 32.1. The van der Waals surface area contributed by atoms with Crippen molar-refractivity contribution < 1.29 is 9.90 Å². The van der Waals surface area contributed by atoms with Crippen LogP contribution in [0, 0.1) is 5.92 Å². The molecule has 2 aromatic heterocycles. The van der Waals surface area contributed by atoms with Crippen molar-refractivity contribution in [1.29, 1.82) is 0 Å². The minimum absolute atomic E-state index is 0.306. The van der Waals surface area contributed by atoms with E-state index in [1.54, 1.807) is 23.5 Å². The Balaban J connectivity index is 1.85. The summed E-state index contributed by atoms with van der Waals surface area (Å²) in [6, 6.07) is 10.1. The Morgan fingerprint density at radius 1 is 1.31 bits per heavy atom. The van der Waals surface area contributed by atoms with Crippen LogP contribution in [0.1, 0.15) is 66.1 Å². The predicted molar refractivity (Wildman–Crippen MR) is 105 cm³/mol. The van der Waals surface area contributed by atoms with Crippen LogP contribution >= 0.6 is 11.3 Å². The Hall–Kier alpha value is -2.14. The summed E-state index contributed by atoms with van der Waals surface area (Å²) in [5, 5.41) is 11.4. The maximum atomic E-state index is 11.4. The van der Waals surface area contributed by atoms with Gasteiger partial charge in [-0.25, -0.2) is 9.78 Å². The fourth-order valence-electron chi connectivity index (χ4n) is 4.35. The summed E-state index contributed by atoms with van der Waals surface area (Å²) in [5.41, 5.74) is 2.18. The van der Waals surface area contributed by atoms with Gasteiger partial charge >= 0.3 is 5.97 Å². The van der Waals surface area contributed by atoms with Crippen molar-refractivity contribution in [2.45, 2.75) is 51.5 Å². The number of fused-ring (bicyclic) bond motifs is 1. The third-order valence-corrected chi connectivity index (χ3v) is 6.52. The molecule has 2 unspecified atom stereocenters. The Morgan fingerprint density at radius 2 is 2.15 bits per heavy atom. The first kappa shape index (κ1) is 17.3. The molecule has 0 amide bonds. The van der Waals surface area contributed by atoms with Gasteiger partial charge in [-0.05, 0) is 48.4 Å². The third kappa shape index (κ3) is 3.16. The molecule has 1 saturated carbocycles. The van der Waals surface area contributed by atoms with Crippen molar-refractivity contribution in [3.8, 4) is 0 Å². The van der Waals surface area contributed by atoms with Crippen molar-refractivity contribution in [3.05, 3.63) is 52.0 Å². The van der Waals surface area contributed by atoms with Crippen LogP contribution in [-0.4, -0.2) is 20.6 Å². The number of benzene rings is 1. The zero-order chi connectivity index (χ0) is 18.1. The van der Waals surface area contributed by atoms with E-state index in [1.165, 1.54) is 37.0 Å². The summed E-state index contributed by atoms with van der Waals surface area (Å²) in [4.78, 5) is 17.5. The normalized spacial score (nSPS) is 20.5. The monoisotopic (exact) mass is 368 g/mol. The second-order valence-electron chi connectivity index (χ2n) is 7.18. The molecule has 1 aromatic carbocycles. The average molecular weight is 369 g/mol. The van der Waals surface area contributed by atoms with E-state index in [9.17, 15) is 9.90 Å². The number of aromatic nitrogens is 2. The van der Waals surface area contributed by atoms with Crippen LogP contribution in [0.2, 0.25) is 0 Å². The topological polar surface area (TPSA) is 55.1 Å². The first-order valence-corrected chi connectivity index (χ1v) is 10.3. The summed E-state index contributed by atoms with van der Waals surface area (Å²) >= 11 is 1.75. The summed E-state index contributed by atoms with van der Waals surface area (Å²) in [6.07, 6.45) is 7.00. The molecule has 3 aromatic rings. The molecule has 1 aliphatic carbocycles. The molecule has 2 heterocycles. The molecule has 1 aliphatic rings. The number of carboxylic acid groups (broad SMARTS) is 1. The SMILES string of the molecule is CCC1CCCCC1n1c(Cc2cccs2)nc2cc(C(=O)O)ccc21. The largest absolute Gasteiger partial charge is 0.478 e. The molecule has 136 valence electrons. The molecule has 1 fully saturated rings. The number of carbonyl (C=O) groups is 1. The third-order valence-electron chi connectivity index (χ3n) is 5.65. The van der Waals surface area contributed by atoms with Crippen LogP contribution < -0.4 is 0 Å².